The van der Waals surface area contributed by atoms with Gasteiger partial charge in [-0.1, -0.05) is 32.3 Å². The van der Waals surface area contributed by atoms with E-state index in [-0.39, 0.29) is 24.2 Å². The number of unbranched alkanes of at least 4 members (excludes halogenated alkanes) is 3. The van der Waals surface area contributed by atoms with Crippen molar-refractivity contribution < 1.29 is 19.1 Å². The Balaban J connectivity index is 2.81. The van der Waals surface area contributed by atoms with Gasteiger partial charge in [0.2, 0.25) is 5.91 Å². The van der Waals surface area contributed by atoms with Crippen molar-refractivity contribution in [3.8, 4) is 0 Å². The zero-order chi connectivity index (χ0) is 18.7. The van der Waals surface area contributed by atoms with Crippen LogP contribution < -0.4 is 5.32 Å². The first kappa shape index (κ1) is 20.7. The van der Waals surface area contributed by atoms with E-state index in [0.29, 0.717) is 24.3 Å². The summed E-state index contributed by atoms with van der Waals surface area (Å²) in [7, 11) is 1.34. The molecule has 1 N–H and O–H groups in total. The molecule has 6 nitrogen and oxygen atoms in total. The maximum Gasteiger partial charge on any atom is 0.307 e. The van der Waals surface area contributed by atoms with Gasteiger partial charge < -0.3 is 15.0 Å². The van der Waals surface area contributed by atoms with Crippen LogP contribution in [0.3, 0.4) is 0 Å². The van der Waals surface area contributed by atoms with Gasteiger partial charge in [0.15, 0.2) is 0 Å². The maximum absolute atomic E-state index is 12.8. The second-order valence-electron chi connectivity index (χ2n) is 5.94. The standard InChI is InChI=1S/C19H28N2O4/c1-4-5-6-7-12-21(13-11-18(23)25-3)19(24)16-9-8-10-17(14-16)20-15(2)22/h8-10,14H,4-7,11-13H2,1-3H3,(H,20,22). The van der Waals surface area contributed by atoms with Crippen LogP contribution in [0, 0.1) is 0 Å². The largest absolute Gasteiger partial charge is 0.469 e. The van der Waals surface area contributed by atoms with Gasteiger partial charge in [-0.2, -0.15) is 0 Å². The molecular weight excluding hydrogens is 320 g/mol. The van der Waals surface area contributed by atoms with Gasteiger partial charge in [0.05, 0.1) is 13.5 Å². The maximum atomic E-state index is 12.8. The highest BCUT2D eigenvalue weighted by Gasteiger charge is 2.17. The number of hydrogen-bond acceptors (Lipinski definition) is 4. The molecule has 6 heteroatoms. The first-order valence-electron chi connectivity index (χ1n) is 8.71. The molecule has 25 heavy (non-hydrogen) atoms. The number of rotatable bonds is 10. The van der Waals surface area contributed by atoms with Crippen molar-refractivity contribution in [3.05, 3.63) is 29.8 Å². The van der Waals surface area contributed by atoms with Gasteiger partial charge in [-0.15, -0.1) is 0 Å². The van der Waals surface area contributed by atoms with Crippen LogP contribution in [0.5, 0.6) is 0 Å². The van der Waals surface area contributed by atoms with Gasteiger partial charge in [-0.3, -0.25) is 14.4 Å². The Labute approximate surface area is 149 Å². The highest BCUT2D eigenvalue weighted by Crippen LogP contribution is 2.14. The first-order valence-corrected chi connectivity index (χ1v) is 8.71. The Morgan fingerprint density at radius 3 is 2.52 bits per heavy atom. The summed E-state index contributed by atoms with van der Waals surface area (Å²) >= 11 is 0. The molecule has 0 atom stereocenters. The van der Waals surface area contributed by atoms with Crippen LogP contribution in [0.15, 0.2) is 24.3 Å². The molecule has 0 aromatic heterocycles. The molecule has 1 aromatic carbocycles. The third-order valence-corrected chi connectivity index (χ3v) is 3.81. The average molecular weight is 348 g/mol. The number of hydrogen-bond donors (Lipinski definition) is 1. The number of ether oxygens (including phenoxy) is 1. The van der Waals surface area contributed by atoms with E-state index in [2.05, 4.69) is 17.0 Å². The van der Waals surface area contributed by atoms with Crippen molar-refractivity contribution in [1.29, 1.82) is 0 Å². The second-order valence-corrected chi connectivity index (χ2v) is 5.94. The Morgan fingerprint density at radius 1 is 1.12 bits per heavy atom. The number of benzene rings is 1. The summed E-state index contributed by atoms with van der Waals surface area (Å²) in [5.74, 6) is -0.669. The Bertz CT molecular complexity index is 587. The summed E-state index contributed by atoms with van der Waals surface area (Å²) in [6.07, 6.45) is 4.35. The molecule has 1 aromatic rings. The molecule has 0 spiro atoms. The highest BCUT2D eigenvalue weighted by atomic mass is 16.5. The number of methoxy groups -OCH3 is 1. The molecule has 0 unspecified atom stereocenters. The Morgan fingerprint density at radius 2 is 1.88 bits per heavy atom. The van der Waals surface area contributed by atoms with Gasteiger partial charge in [0.1, 0.15) is 0 Å². The smallest absolute Gasteiger partial charge is 0.307 e. The SMILES string of the molecule is CCCCCCN(CCC(=O)OC)C(=O)c1cccc(NC(C)=O)c1. The molecule has 0 heterocycles. The van der Waals surface area contributed by atoms with Gasteiger partial charge in [0, 0.05) is 31.3 Å². The third kappa shape index (κ3) is 7.83. The van der Waals surface area contributed by atoms with Crippen molar-refractivity contribution >= 4 is 23.5 Å². The minimum Gasteiger partial charge on any atom is -0.469 e. The van der Waals surface area contributed by atoms with E-state index in [1.165, 1.54) is 14.0 Å². The number of nitrogens with one attached hydrogen (secondary N) is 1. The third-order valence-electron chi connectivity index (χ3n) is 3.81. The van der Waals surface area contributed by atoms with E-state index in [9.17, 15) is 14.4 Å². The average Bonchev–Trinajstić information content (AvgIpc) is 2.60. The molecule has 0 bridgehead atoms. The second kappa shape index (κ2) is 11.2. The lowest BCUT2D eigenvalue weighted by atomic mass is 10.1. The molecule has 0 saturated heterocycles. The molecule has 0 aliphatic carbocycles. The summed E-state index contributed by atoms with van der Waals surface area (Å²) in [5, 5.41) is 2.67. The van der Waals surface area contributed by atoms with Gasteiger partial charge in [-0.25, -0.2) is 0 Å². The van der Waals surface area contributed by atoms with Gasteiger partial charge in [0.25, 0.3) is 5.91 Å². The van der Waals surface area contributed by atoms with Crippen LogP contribution >= 0.6 is 0 Å². The van der Waals surface area contributed by atoms with E-state index in [0.717, 1.165) is 25.7 Å². The lowest BCUT2D eigenvalue weighted by molar-refractivity contribution is -0.140. The predicted octanol–water partition coefficient (Wildman–Crippen LogP) is 3.23. The molecule has 0 aliphatic heterocycles. The molecule has 0 aliphatic rings. The van der Waals surface area contributed by atoms with E-state index >= 15 is 0 Å². The quantitative estimate of drug-likeness (QED) is 0.520. The van der Waals surface area contributed by atoms with Gasteiger partial charge in [-0.05, 0) is 24.6 Å². The molecule has 0 saturated carbocycles. The van der Waals surface area contributed by atoms with Gasteiger partial charge >= 0.3 is 5.97 Å². The van der Waals surface area contributed by atoms with Crippen LogP contribution in [0.25, 0.3) is 0 Å². The Kier molecular flexibility index (Phi) is 9.29. The zero-order valence-corrected chi connectivity index (χ0v) is 15.3. The van der Waals surface area contributed by atoms with Crippen LogP contribution in [-0.2, 0) is 14.3 Å². The summed E-state index contributed by atoms with van der Waals surface area (Å²) in [6.45, 7) is 4.47. The number of anilines is 1. The molecule has 0 radical (unpaired) electrons. The summed E-state index contributed by atoms with van der Waals surface area (Å²) in [5.41, 5.74) is 1.07. The normalized spacial score (nSPS) is 10.2. The van der Waals surface area contributed by atoms with E-state index in [1.54, 1.807) is 29.2 Å². The van der Waals surface area contributed by atoms with Crippen LogP contribution in [-0.4, -0.2) is 42.9 Å². The fourth-order valence-electron chi connectivity index (χ4n) is 2.49. The topological polar surface area (TPSA) is 75.7 Å². The number of esters is 1. The lowest BCUT2D eigenvalue weighted by Gasteiger charge is -2.22. The molecule has 138 valence electrons. The van der Waals surface area contributed by atoms with Crippen LogP contribution in [0.2, 0.25) is 0 Å². The first-order chi connectivity index (χ1) is 12.0. The van der Waals surface area contributed by atoms with Crippen LogP contribution in [0.1, 0.15) is 56.3 Å². The monoisotopic (exact) mass is 348 g/mol. The summed E-state index contributed by atoms with van der Waals surface area (Å²) < 4.78 is 4.67. The lowest BCUT2D eigenvalue weighted by Crippen LogP contribution is -2.34. The van der Waals surface area contributed by atoms with E-state index in [4.69, 9.17) is 0 Å². The minimum absolute atomic E-state index is 0.146. The molecule has 2 amide bonds. The fraction of sp³-hybridized carbons (Fsp3) is 0.526. The van der Waals surface area contributed by atoms with Crippen molar-refractivity contribution in [2.75, 3.05) is 25.5 Å². The van der Waals surface area contributed by atoms with Crippen LogP contribution in [0.4, 0.5) is 5.69 Å². The van der Waals surface area contributed by atoms with Crippen molar-refractivity contribution in [2.24, 2.45) is 0 Å². The van der Waals surface area contributed by atoms with Crippen molar-refractivity contribution in [2.45, 2.75) is 46.0 Å². The number of nitrogens with zero attached hydrogens (tertiary/aromatic N) is 1. The summed E-state index contributed by atoms with van der Waals surface area (Å²) in [6, 6.07) is 6.83. The van der Waals surface area contributed by atoms with E-state index < -0.39 is 0 Å². The fourth-order valence-corrected chi connectivity index (χ4v) is 2.49. The predicted molar refractivity (Wildman–Crippen MR) is 97.4 cm³/mol. The molecular formula is C19H28N2O4. The van der Waals surface area contributed by atoms with Crippen molar-refractivity contribution in [3.63, 3.8) is 0 Å². The number of amides is 2. The zero-order valence-electron chi connectivity index (χ0n) is 15.3. The highest BCUT2D eigenvalue weighted by molar-refractivity contribution is 5.97. The Hall–Kier alpha value is -2.37. The molecule has 1 rings (SSSR count). The summed E-state index contributed by atoms with van der Waals surface area (Å²) in [4.78, 5) is 37.1. The number of carbonyl (C=O) groups is 3. The molecule has 0 fully saturated rings. The van der Waals surface area contributed by atoms with Crippen molar-refractivity contribution in [1.82, 2.24) is 4.90 Å². The van der Waals surface area contributed by atoms with E-state index in [1.807, 2.05) is 0 Å². The number of carbonyl (C=O) groups excluding carboxylic acids is 3. The minimum atomic E-state index is -0.335.